The summed E-state index contributed by atoms with van der Waals surface area (Å²) in [7, 11) is 0. The molecule has 1 aromatic rings. The number of aliphatic carboxylic acids is 1. The van der Waals surface area contributed by atoms with Crippen molar-refractivity contribution in [1.82, 2.24) is 5.32 Å². The lowest BCUT2D eigenvalue weighted by atomic mass is 10.0. The predicted molar refractivity (Wildman–Crippen MR) is 67.3 cm³/mol. The van der Waals surface area contributed by atoms with E-state index in [4.69, 9.17) is 5.11 Å². The van der Waals surface area contributed by atoms with Crippen LogP contribution in [-0.2, 0) is 9.59 Å². The minimum absolute atomic E-state index is 0.0760. The van der Waals surface area contributed by atoms with Crippen molar-refractivity contribution in [3.63, 3.8) is 0 Å². The molecule has 96 valence electrons. The number of carboxylic acid groups (broad SMARTS) is 1. The topological polar surface area (TPSA) is 66.4 Å². The van der Waals surface area contributed by atoms with E-state index in [1.54, 1.807) is 0 Å². The van der Waals surface area contributed by atoms with Gasteiger partial charge in [-0.05, 0) is 37.3 Å². The average Bonchev–Trinajstić information content (AvgIpc) is 3.09. The Morgan fingerprint density at radius 1 is 1.39 bits per heavy atom. The molecule has 0 heterocycles. The highest BCUT2D eigenvalue weighted by Gasteiger charge is 2.44. The maximum atomic E-state index is 11.8. The van der Waals surface area contributed by atoms with Crippen LogP contribution in [0.1, 0.15) is 30.4 Å². The van der Waals surface area contributed by atoms with Crippen LogP contribution < -0.4 is 5.32 Å². The third kappa shape index (κ3) is 2.53. The first kappa shape index (κ1) is 12.6. The van der Waals surface area contributed by atoms with Gasteiger partial charge in [0.1, 0.15) is 6.04 Å². The summed E-state index contributed by atoms with van der Waals surface area (Å²) < 4.78 is 0. The summed E-state index contributed by atoms with van der Waals surface area (Å²) in [5.74, 6) is -0.991. The quantitative estimate of drug-likeness (QED) is 0.850. The number of rotatable bonds is 4. The Hall–Kier alpha value is -1.84. The molecule has 0 saturated heterocycles. The summed E-state index contributed by atoms with van der Waals surface area (Å²) in [6, 6.07) is 7.19. The summed E-state index contributed by atoms with van der Waals surface area (Å²) in [6.45, 7) is 3.51. The van der Waals surface area contributed by atoms with Gasteiger partial charge in [-0.3, -0.25) is 9.59 Å². The van der Waals surface area contributed by atoms with E-state index in [-0.39, 0.29) is 17.7 Å². The van der Waals surface area contributed by atoms with Gasteiger partial charge in [0, 0.05) is 5.92 Å². The van der Waals surface area contributed by atoms with E-state index >= 15 is 0 Å². The van der Waals surface area contributed by atoms with E-state index in [0.717, 1.165) is 6.42 Å². The molecular weight excluding hydrogens is 230 g/mol. The normalized spacial score (nSPS) is 23.2. The minimum Gasteiger partial charge on any atom is -0.480 e. The fourth-order valence-corrected chi connectivity index (χ4v) is 2.21. The Morgan fingerprint density at radius 2 is 2.06 bits per heavy atom. The first-order valence-electron chi connectivity index (χ1n) is 6.09. The molecule has 0 radical (unpaired) electrons. The highest BCUT2D eigenvalue weighted by atomic mass is 16.4. The predicted octanol–water partition coefficient (Wildman–Crippen LogP) is 1.69. The smallest absolute Gasteiger partial charge is 0.325 e. The molecule has 2 rings (SSSR count). The molecule has 18 heavy (non-hydrogen) atoms. The maximum Gasteiger partial charge on any atom is 0.325 e. The third-order valence-corrected chi connectivity index (χ3v) is 3.44. The van der Waals surface area contributed by atoms with Gasteiger partial charge in [0.05, 0.1) is 0 Å². The molecule has 4 heteroatoms. The van der Waals surface area contributed by atoms with E-state index < -0.39 is 12.0 Å². The van der Waals surface area contributed by atoms with Crippen LogP contribution in [0.4, 0.5) is 0 Å². The van der Waals surface area contributed by atoms with Gasteiger partial charge in [0.25, 0.3) is 0 Å². The number of carboxylic acids is 1. The van der Waals surface area contributed by atoms with Gasteiger partial charge < -0.3 is 10.4 Å². The van der Waals surface area contributed by atoms with E-state index in [9.17, 15) is 9.59 Å². The Labute approximate surface area is 106 Å². The zero-order valence-electron chi connectivity index (χ0n) is 10.5. The first-order valence-corrected chi connectivity index (χ1v) is 6.09. The van der Waals surface area contributed by atoms with Crippen molar-refractivity contribution in [2.75, 3.05) is 0 Å². The van der Waals surface area contributed by atoms with Crippen LogP contribution in [0.25, 0.3) is 0 Å². The largest absolute Gasteiger partial charge is 0.480 e. The van der Waals surface area contributed by atoms with Crippen LogP contribution in [0.2, 0.25) is 0 Å². The molecule has 3 unspecified atom stereocenters. The summed E-state index contributed by atoms with van der Waals surface area (Å²) in [5, 5.41) is 11.3. The molecule has 0 aliphatic heterocycles. The summed E-state index contributed by atoms with van der Waals surface area (Å²) in [6.07, 6.45) is 0.809. The Bertz CT molecular complexity index is 484. The molecule has 1 aliphatic rings. The molecule has 4 nitrogen and oxygen atoms in total. The maximum absolute atomic E-state index is 11.8. The summed E-state index contributed by atoms with van der Waals surface area (Å²) in [4.78, 5) is 22.5. The number of benzene rings is 1. The second-order valence-corrected chi connectivity index (χ2v) is 4.87. The average molecular weight is 247 g/mol. The van der Waals surface area contributed by atoms with Gasteiger partial charge in [0.2, 0.25) is 5.91 Å². The minimum atomic E-state index is -1.00. The molecular formula is C14H17NO3. The molecule has 0 aromatic heterocycles. The molecule has 1 saturated carbocycles. The van der Waals surface area contributed by atoms with Crippen molar-refractivity contribution in [2.24, 2.45) is 5.92 Å². The fraction of sp³-hybridized carbons (Fsp3) is 0.429. The summed E-state index contributed by atoms with van der Waals surface area (Å²) in [5.41, 5.74) is 2.38. The highest BCUT2D eigenvalue weighted by Crippen LogP contribution is 2.48. The van der Waals surface area contributed by atoms with Gasteiger partial charge >= 0.3 is 5.97 Å². The Kier molecular flexibility index (Phi) is 3.36. The van der Waals surface area contributed by atoms with Crippen LogP contribution in [-0.4, -0.2) is 23.0 Å². The first-order chi connectivity index (χ1) is 8.50. The SMILES string of the molecule is Cc1ccccc1C1CC1C(=O)NC(C)C(=O)O. The molecule has 2 N–H and O–H groups in total. The van der Waals surface area contributed by atoms with Crippen LogP contribution in [0, 0.1) is 12.8 Å². The third-order valence-electron chi connectivity index (χ3n) is 3.44. The van der Waals surface area contributed by atoms with E-state index in [0.29, 0.717) is 0 Å². The number of hydrogen-bond donors (Lipinski definition) is 2. The van der Waals surface area contributed by atoms with E-state index in [2.05, 4.69) is 5.32 Å². The van der Waals surface area contributed by atoms with Crippen molar-refractivity contribution >= 4 is 11.9 Å². The highest BCUT2D eigenvalue weighted by molar-refractivity contribution is 5.87. The molecule has 0 bridgehead atoms. The van der Waals surface area contributed by atoms with Crippen LogP contribution >= 0.6 is 0 Å². The molecule has 1 amide bonds. The number of aryl methyl sites for hydroxylation is 1. The van der Waals surface area contributed by atoms with E-state index in [1.165, 1.54) is 18.1 Å². The zero-order valence-corrected chi connectivity index (χ0v) is 10.5. The van der Waals surface area contributed by atoms with Gasteiger partial charge in [-0.25, -0.2) is 0 Å². The number of carbonyl (C=O) groups is 2. The van der Waals surface area contributed by atoms with Crippen molar-refractivity contribution < 1.29 is 14.7 Å². The fourth-order valence-electron chi connectivity index (χ4n) is 2.21. The van der Waals surface area contributed by atoms with Crippen LogP contribution in [0.5, 0.6) is 0 Å². The van der Waals surface area contributed by atoms with Gasteiger partial charge in [-0.15, -0.1) is 0 Å². The van der Waals surface area contributed by atoms with Crippen molar-refractivity contribution in [2.45, 2.75) is 32.2 Å². The molecule has 0 spiro atoms. The molecule has 1 fully saturated rings. The molecule has 3 atom stereocenters. The van der Waals surface area contributed by atoms with Gasteiger partial charge in [0.15, 0.2) is 0 Å². The Morgan fingerprint density at radius 3 is 2.67 bits per heavy atom. The second-order valence-electron chi connectivity index (χ2n) is 4.87. The monoisotopic (exact) mass is 247 g/mol. The zero-order chi connectivity index (χ0) is 13.3. The van der Waals surface area contributed by atoms with Crippen molar-refractivity contribution in [1.29, 1.82) is 0 Å². The van der Waals surface area contributed by atoms with Gasteiger partial charge in [-0.2, -0.15) is 0 Å². The summed E-state index contributed by atoms with van der Waals surface area (Å²) >= 11 is 0. The molecule has 1 aromatic carbocycles. The number of nitrogens with one attached hydrogen (secondary N) is 1. The lowest BCUT2D eigenvalue weighted by molar-refractivity contribution is -0.141. The molecule has 1 aliphatic carbocycles. The van der Waals surface area contributed by atoms with E-state index in [1.807, 2.05) is 31.2 Å². The van der Waals surface area contributed by atoms with Gasteiger partial charge in [-0.1, -0.05) is 24.3 Å². The lowest BCUT2D eigenvalue weighted by Crippen LogP contribution is -2.39. The number of hydrogen-bond acceptors (Lipinski definition) is 2. The second kappa shape index (κ2) is 4.80. The lowest BCUT2D eigenvalue weighted by Gasteiger charge is -2.09. The number of amides is 1. The number of carbonyl (C=O) groups excluding carboxylic acids is 1. The standard InChI is InChI=1S/C14H17NO3/c1-8-5-3-4-6-10(8)11-7-12(11)13(16)15-9(2)14(17)18/h3-6,9,11-12H,7H2,1-2H3,(H,15,16)(H,17,18). The van der Waals surface area contributed by atoms with Crippen LogP contribution in [0.15, 0.2) is 24.3 Å². The van der Waals surface area contributed by atoms with Crippen molar-refractivity contribution in [3.05, 3.63) is 35.4 Å². The Balaban J connectivity index is 1.97. The van der Waals surface area contributed by atoms with Crippen molar-refractivity contribution in [3.8, 4) is 0 Å². The van der Waals surface area contributed by atoms with Crippen LogP contribution in [0.3, 0.4) is 0 Å².